The number of anilines is 1. The van der Waals surface area contributed by atoms with Gasteiger partial charge in [-0.05, 0) is 37.4 Å². The molecule has 0 spiro atoms. The van der Waals surface area contributed by atoms with Crippen LogP contribution >= 0.6 is 0 Å². The molecule has 1 atom stereocenters. The molecule has 2 aromatic heterocycles. The molecule has 1 aliphatic rings. The van der Waals surface area contributed by atoms with Crippen molar-refractivity contribution in [3.05, 3.63) is 30.2 Å². The van der Waals surface area contributed by atoms with E-state index in [4.69, 9.17) is 4.74 Å². The van der Waals surface area contributed by atoms with Crippen molar-refractivity contribution in [3.8, 4) is 11.3 Å². The van der Waals surface area contributed by atoms with E-state index >= 15 is 0 Å². The molecule has 1 amide bonds. The van der Waals surface area contributed by atoms with E-state index in [0.717, 1.165) is 61.0 Å². The maximum Gasteiger partial charge on any atom is 0.227 e. The van der Waals surface area contributed by atoms with Crippen LogP contribution in [0.5, 0.6) is 0 Å². The Hall–Kier alpha value is -1.99. The minimum Gasteiger partial charge on any atom is -0.360 e. The molecular weight excluding hydrogens is 368 g/mol. The van der Waals surface area contributed by atoms with Gasteiger partial charge in [0.25, 0.3) is 0 Å². The van der Waals surface area contributed by atoms with Gasteiger partial charge in [-0.2, -0.15) is 5.10 Å². The first kappa shape index (κ1) is 20.7. The van der Waals surface area contributed by atoms with Crippen molar-refractivity contribution >= 4 is 19.7 Å². The minimum atomic E-state index is -1.13. The SMILES string of the molecule is CC1CCCCc2cc(ccn2)-c2c(cnn2COCC[Si](C)(C)C)NC1=O. The quantitative estimate of drug-likeness (QED) is 0.590. The topological polar surface area (TPSA) is 69.0 Å². The molecule has 0 aliphatic carbocycles. The van der Waals surface area contributed by atoms with Crippen LogP contribution in [0.2, 0.25) is 25.7 Å². The number of hydrogen-bond donors (Lipinski definition) is 1. The van der Waals surface area contributed by atoms with Gasteiger partial charge in [-0.25, -0.2) is 4.68 Å². The highest BCUT2D eigenvalue weighted by Crippen LogP contribution is 2.30. The molecule has 3 heterocycles. The van der Waals surface area contributed by atoms with E-state index in [1.807, 2.05) is 23.9 Å². The van der Waals surface area contributed by atoms with Crippen molar-refractivity contribution < 1.29 is 9.53 Å². The number of nitrogens with one attached hydrogen (secondary N) is 1. The maximum absolute atomic E-state index is 12.6. The van der Waals surface area contributed by atoms with Crippen molar-refractivity contribution in [3.63, 3.8) is 0 Å². The third-order valence-electron chi connectivity index (χ3n) is 5.16. The van der Waals surface area contributed by atoms with Crippen molar-refractivity contribution in [1.82, 2.24) is 14.8 Å². The van der Waals surface area contributed by atoms with E-state index in [2.05, 4.69) is 41.1 Å². The van der Waals surface area contributed by atoms with Gasteiger partial charge in [-0.3, -0.25) is 9.78 Å². The fourth-order valence-electron chi connectivity index (χ4n) is 3.31. The lowest BCUT2D eigenvalue weighted by molar-refractivity contribution is -0.119. The Morgan fingerprint density at radius 2 is 2.14 bits per heavy atom. The molecule has 1 aliphatic heterocycles. The van der Waals surface area contributed by atoms with E-state index in [1.165, 1.54) is 0 Å². The van der Waals surface area contributed by atoms with Crippen LogP contribution in [0.15, 0.2) is 24.5 Å². The summed E-state index contributed by atoms with van der Waals surface area (Å²) in [5.41, 5.74) is 3.72. The van der Waals surface area contributed by atoms with Gasteiger partial charge in [0.05, 0.1) is 17.6 Å². The molecule has 1 N–H and O–H groups in total. The second kappa shape index (κ2) is 9.00. The summed E-state index contributed by atoms with van der Waals surface area (Å²) in [5.74, 6) is 0.0326. The molecule has 3 rings (SSSR count). The summed E-state index contributed by atoms with van der Waals surface area (Å²) in [6.07, 6.45) is 7.45. The standard InChI is InChI=1S/C21H32N4O2Si/c1-16-7-5-6-8-18-13-17(9-10-22-18)20-19(24-21(16)26)14-23-25(20)15-27-11-12-28(2,3)4/h9-10,13-14,16H,5-8,11-12,15H2,1-4H3,(H,24,26). The Labute approximate surface area is 168 Å². The van der Waals surface area contributed by atoms with Crippen LogP contribution < -0.4 is 5.32 Å². The molecule has 7 heteroatoms. The molecule has 0 fully saturated rings. The number of hydrogen-bond acceptors (Lipinski definition) is 4. The summed E-state index contributed by atoms with van der Waals surface area (Å²) in [4.78, 5) is 17.1. The maximum atomic E-state index is 12.6. The summed E-state index contributed by atoms with van der Waals surface area (Å²) in [5, 5.41) is 7.58. The largest absolute Gasteiger partial charge is 0.360 e. The van der Waals surface area contributed by atoms with Crippen LogP contribution in [0.4, 0.5) is 5.69 Å². The van der Waals surface area contributed by atoms with Crippen LogP contribution in [0.25, 0.3) is 11.3 Å². The molecule has 0 saturated carbocycles. The van der Waals surface area contributed by atoms with Gasteiger partial charge in [-0.15, -0.1) is 0 Å². The monoisotopic (exact) mass is 400 g/mol. The van der Waals surface area contributed by atoms with Gasteiger partial charge in [0, 0.05) is 38.1 Å². The molecule has 2 bridgehead atoms. The fraction of sp³-hybridized carbons (Fsp3) is 0.571. The number of ether oxygens (including phenoxy) is 1. The van der Waals surface area contributed by atoms with E-state index < -0.39 is 8.07 Å². The highest BCUT2D eigenvalue weighted by molar-refractivity contribution is 6.76. The predicted octanol–water partition coefficient (Wildman–Crippen LogP) is 4.56. The number of aryl methyl sites for hydroxylation is 1. The van der Waals surface area contributed by atoms with Gasteiger partial charge < -0.3 is 10.1 Å². The Morgan fingerprint density at radius 3 is 2.93 bits per heavy atom. The first-order valence-electron chi connectivity index (χ1n) is 10.2. The molecule has 0 radical (unpaired) electrons. The van der Waals surface area contributed by atoms with Gasteiger partial charge in [0.1, 0.15) is 6.73 Å². The van der Waals surface area contributed by atoms with Crippen LogP contribution in [-0.4, -0.2) is 35.4 Å². The Morgan fingerprint density at radius 1 is 1.32 bits per heavy atom. The molecule has 152 valence electrons. The highest BCUT2D eigenvalue weighted by atomic mass is 28.3. The second-order valence-electron chi connectivity index (χ2n) is 8.93. The molecular formula is C21H32N4O2Si. The third kappa shape index (κ3) is 5.51. The van der Waals surface area contributed by atoms with E-state index in [0.29, 0.717) is 6.73 Å². The van der Waals surface area contributed by atoms with Gasteiger partial charge >= 0.3 is 0 Å². The molecule has 1 unspecified atom stereocenters. The third-order valence-corrected chi connectivity index (χ3v) is 6.87. The van der Waals surface area contributed by atoms with Crippen molar-refractivity contribution in [2.45, 2.75) is 65.0 Å². The number of carbonyl (C=O) groups excluding carboxylic acids is 1. The van der Waals surface area contributed by atoms with Crippen molar-refractivity contribution in [1.29, 1.82) is 0 Å². The normalized spacial score (nSPS) is 18.0. The number of fused-ring (bicyclic) bond motifs is 4. The lowest BCUT2D eigenvalue weighted by atomic mass is 10.00. The minimum absolute atomic E-state index is 0.0186. The zero-order valence-corrected chi connectivity index (χ0v) is 18.5. The van der Waals surface area contributed by atoms with Crippen LogP contribution in [0.1, 0.15) is 31.9 Å². The van der Waals surface area contributed by atoms with E-state index in [9.17, 15) is 4.79 Å². The van der Waals surface area contributed by atoms with E-state index in [1.54, 1.807) is 6.20 Å². The lowest BCUT2D eigenvalue weighted by Crippen LogP contribution is -2.22. The zero-order chi connectivity index (χ0) is 20.1. The van der Waals surface area contributed by atoms with E-state index in [-0.39, 0.29) is 11.8 Å². The van der Waals surface area contributed by atoms with Crippen molar-refractivity contribution in [2.75, 3.05) is 11.9 Å². The number of nitrogens with zero attached hydrogens (tertiary/aromatic N) is 3. The van der Waals surface area contributed by atoms with Crippen LogP contribution in [-0.2, 0) is 22.7 Å². The first-order valence-corrected chi connectivity index (χ1v) is 13.9. The lowest BCUT2D eigenvalue weighted by Gasteiger charge is -2.17. The molecule has 0 saturated heterocycles. The van der Waals surface area contributed by atoms with Gasteiger partial charge in [0.2, 0.25) is 5.91 Å². The highest BCUT2D eigenvalue weighted by Gasteiger charge is 2.20. The summed E-state index contributed by atoms with van der Waals surface area (Å²) < 4.78 is 7.76. The number of carbonyl (C=O) groups is 1. The first-order chi connectivity index (χ1) is 13.3. The number of rotatable bonds is 5. The fourth-order valence-corrected chi connectivity index (χ4v) is 4.07. The predicted molar refractivity (Wildman–Crippen MR) is 115 cm³/mol. The number of amides is 1. The average molecular weight is 401 g/mol. The number of pyridine rings is 1. The molecule has 6 nitrogen and oxygen atoms in total. The van der Waals surface area contributed by atoms with Gasteiger partial charge in [0.15, 0.2) is 0 Å². The Kier molecular flexibility index (Phi) is 6.67. The Balaban J connectivity index is 1.88. The van der Waals surface area contributed by atoms with Crippen LogP contribution in [0.3, 0.4) is 0 Å². The number of aromatic nitrogens is 3. The summed E-state index contributed by atoms with van der Waals surface area (Å²) in [6, 6.07) is 5.20. The summed E-state index contributed by atoms with van der Waals surface area (Å²) >= 11 is 0. The Bertz CT molecular complexity index is 813. The summed E-state index contributed by atoms with van der Waals surface area (Å²) in [7, 11) is -1.13. The second-order valence-corrected chi connectivity index (χ2v) is 14.5. The average Bonchev–Trinajstić information content (AvgIpc) is 3.03. The van der Waals surface area contributed by atoms with Crippen LogP contribution in [0, 0.1) is 5.92 Å². The zero-order valence-electron chi connectivity index (χ0n) is 17.5. The van der Waals surface area contributed by atoms with Crippen molar-refractivity contribution in [2.24, 2.45) is 5.92 Å². The molecule has 2 aromatic rings. The smallest absolute Gasteiger partial charge is 0.227 e. The summed E-state index contributed by atoms with van der Waals surface area (Å²) in [6.45, 7) is 10.1. The molecule has 28 heavy (non-hydrogen) atoms. The molecule has 0 aromatic carbocycles. The van der Waals surface area contributed by atoms with Gasteiger partial charge in [-0.1, -0.05) is 33.0 Å².